The van der Waals surface area contributed by atoms with Gasteiger partial charge >= 0.3 is 0 Å². The van der Waals surface area contributed by atoms with Gasteiger partial charge in [-0.15, -0.1) is 0 Å². The average molecular weight is 270 g/mol. The molecule has 0 radical (unpaired) electrons. The maximum atomic E-state index is 13.9. The van der Waals surface area contributed by atoms with Crippen molar-refractivity contribution >= 4 is 5.69 Å². The van der Waals surface area contributed by atoms with Gasteiger partial charge in [0.2, 0.25) is 0 Å². The lowest BCUT2D eigenvalue weighted by Crippen LogP contribution is -2.22. The highest BCUT2D eigenvalue weighted by Gasteiger charge is 2.26. The molecule has 2 aromatic carbocycles. The van der Waals surface area contributed by atoms with Gasteiger partial charge in [-0.25, -0.2) is 4.39 Å². The molecule has 1 aliphatic rings. The molecule has 1 heterocycles. The predicted molar refractivity (Wildman–Crippen MR) is 80.1 cm³/mol. The number of nitrogens with two attached hydrogens (primary N) is 1. The van der Waals surface area contributed by atoms with E-state index < -0.39 is 0 Å². The van der Waals surface area contributed by atoms with E-state index in [-0.39, 0.29) is 12.4 Å². The molecule has 1 atom stereocenters. The zero-order valence-electron chi connectivity index (χ0n) is 11.4. The van der Waals surface area contributed by atoms with Gasteiger partial charge in [0.05, 0.1) is 6.04 Å². The molecule has 20 heavy (non-hydrogen) atoms. The summed E-state index contributed by atoms with van der Waals surface area (Å²) in [7, 11) is 0. The summed E-state index contributed by atoms with van der Waals surface area (Å²) in [5.74, 6) is -0.205. The predicted octanol–water partition coefficient (Wildman–Crippen LogP) is 3.63. The van der Waals surface area contributed by atoms with Crippen LogP contribution in [0.4, 0.5) is 10.1 Å². The van der Waals surface area contributed by atoms with E-state index in [2.05, 4.69) is 29.2 Å². The zero-order valence-corrected chi connectivity index (χ0v) is 11.4. The first-order chi connectivity index (χ1) is 9.79. The molecule has 0 aromatic heterocycles. The van der Waals surface area contributed by atoms with Crippen LogP contribution >= 0.6 is 0 Å². The fourth-order valence-electron chi connectivity index (χ4n) is 2.98. The van der Waals surface area contributed by atoms with Crippen molar-refractivity contribution in [2.24, 2.45) is 5.73 Å². The third-order valence-electron chi connectivity index (χ3n) is 4.03. The minimum atomic E-state index is -0.205. The summed E-state index contributed by atoms with van der Waals surface area (Å²) in [5, 5.41) is 0. The van der Waals surface area contributed by atoms with Gasteiger partial charge < -0.3 is 10.6 Å². The Morgan fingerprint density at radius 2 is 1.95 bits per heavy atom. The summed E-state index contributed by atoms with van der Waals surface area (Å²) in [6, 6.07) is 16.2. The second-order valence-electron chi connectivity index (χ2n) is 5.24. The second-order valence-corrected chi connectivity index (χ2v) is 5.24. The van der Waals surface area contributed by atoms with Gasteiger partial charge in [-0.3, -0.25) is 0 Å². The monoisotopic (exact) mass is 270 g/mol. The van der Waals surface area contributed by atoms with E-state index in [1.807, 2.05) is 12.1 Å². The van der Waals surface area contributed by atoms with Crippen LogP contribution in [0.3, 0.4) is 0 Å². The van der Waals surface area contributed by atoms with Crippen molar-refractivity contribution in [2.45, 2.75) is 25.4 Å². The van der Waals surface area contributed by atoms with Crippen LogP contribution in [0.5, 0.6) is 0 Å². The molecule has 0 spiro atoms. The summed E-state index contributed by atoms with van der Waals surface area (Å²) in [6.07, 6.45) is 2.25. The standard InChI is InChI=1S/C17H19FN2/c18-16-11-15(9-8-14(16)12-19)20-10-4-7-17(20)13-5-2-1-3-6-13/h1-3,5-6,8-9,11,17H,4,7,10,12,19H2. The summed E-state index contributed by atoms with van der Waals surface area (Å²) >= 11 is 0. The largest absolute Gasteiger partial charge is 0.364 e. The molecule has 1 saturated heterocycles. The third kappa shape index (κ3) is 2.41. The Labute approximate surface area is 119 Å². The van der Waals surface area contributed by atoms with Crippen LogP contribution in [0, 0.1) is 5.82 Å². The molecule has 2 N–H and O–H groups in total. The number of rotatable bonds is 3. The molecule has 3 heteroatoms. The minimum Gasteiger partial charge on any atom is -0.364 e. The second kappa shape index (κ2) is 5.63. The number of nitrogens with zero attached hydrogens (tertiary/aromatic N) is 1. The van der Waals surface area contributed by atoms with Crippen LogP contribution in [-0.4, -0.2) is 6.54 Å². The Kier molecular flexibility index (Phi) is 3.70. The lowest BCUT2D eigenvalue weighted by molar-refractivity contribution is 0.608. The van der Waals surface area contributed by atoms with Crippen LogP contribution in [0.15, 0.2) is 48.5 Å². The molecule has 0 saturated carbocycles. The highest BCUT2D eigenvalue weighted by Crippen LogP contribution is 2.36. The van der Waals surface area contributed by atoms with E-state index in [9.17, 15) is 4.39 Å². The van der Waals surface area contributed by atoms with E-state index in [0.717, 1.165) is 25.1 Å². The molecule has 0 bridgehead atoms. The Hall–Kier alpha value is -1.87. The Morgan fingerprint density at radius 3 is 2.65 bits per heavy atom. The molecular formula is C17H19FN2. The van der Waals surface area contributed by atoms with Crippen molar-refractivity contribution in [1.29, 1.82) is 0 Å². The molecular weight excluding hydrogens is 251 g/mol. The van der Waals surface area contributed by atoms with E-state index in [4.69, 9.17) is 5.73 Å². The fraction of sp³-hybridized carbons (Fsp3) is 0.294. The molecule has 2 aromatic rings. The third-order valence-corrected chi connectivity index (χ3v) is 4.03. The van der Waals surface area contributed by atoms with E-state index in [1.54, 1.807) is 12.1 Å². The molecule has 1 aliphatic heterocycles. The maximum Gasteiger partial charge on any atom is 0.129 e. The molecule has 0 aliphatic carbocycles. The fourth-order valence-corrected chi connectivity index (χ4v) is 2.98. The van der Waals surface area contributed by atoms with Gasteiger partial charge in [0, 0.05) is 24.3 Å². The Bertz CT molecular complexity index is 583. The van der Waals surface area contributed by atoms with Crippen LogP contribution in [0.1, 0.15) is 30.0 Å². The molecule has 104 valence electrons. The van der Waals surface area contributed by atoms with Crippen molar-refractivity contribution in [2.75, 3.05) is 11.4 Å². The van der Waals surface area contributed by atoms with Gasteiger partial charge in [-0.05, 0) is 30.5 Å². The van der Waals surface area contributed by atoms with Gasteiger partial charge in [-0.1, -0.05) is 36.4 Å². The molecule has 1 unspecified atom stereocenters. The van der Waals surface area contributed by atoms with Crippen molar-refractivity contribution in [3.63, 3.8) is 0 Å². The maximum absolute atomic E-state index is 13.9. The first-order valence-corrected chi connectivity index (χ1v) is 7.09. The zero-order chi connectivity index (χ0) is 13.9. The number of hydrogen-bond acceptors (Lipinski definition) is 2. The first-order valence-electron chi connectivity index (χ1n) is 7.09. The molecule has 1 fully saturated rings. The van der Waals surface area contributed by atoms with Crippen molar-refractivity contribution in [1.82, 2.24) is 0 Å². The summed E-state index contributed by atoms with van der Waals surface area (Å²) < 4.78 is 13.9. The smallest absolute Gasteiger partial charge is 0.129 e. The van der Waals surface area contributed by atoms with E-state index in [1.165, 1.54) is 5.56 Å². The first kappa shape index (κ1) is 13.1. The topological polar surface area (TPSA) is 29.3 Å². The summed E-state index contributed by atoms with van der Waals surface area (Å²) in [4.78, 5) is 2.29. The van der Waals surface area contributed by atoms with Gasteiger partial charge in [0.25, 0.3) is 0 Å². The van der Waals surface area contributed by atoms with Gasteiger partial charge in [0.15, 0.2) is 0 Å². The molecule has 2 nitrogen and oxygen atoms in total. The highest BCUT2D eigenvalue weighted by atomic mass is 19.1. The normalized spacial score (nSPS) is 18.5. The van der Waals surface area contributed by atoms with Crippen LogP contribution in [0.25, 0.3) is 0 Å². The Morgan fingerprint density at radius 1 is 1.15 bits per heavy atom. The summed E-state index contributed by atoms with van der Waals surface area (Å²) in [6.45, 7) is 1.22. The van der Waals surface area contributed by atoms with Crippen molar-refractivity contribution in [3.8, 4) is 0 Å². The van der Waals surface area contributed by atoms with Crippen molar-refractivity contribution < 1.29 is 4.39 Å². The number of anilines is 1. The molecule has 3 rings (SSSR count). The van der Waals surface area contributed by atoms with Crippen LogP contribution < -0.4 is 10.6 Å². The minimum absolute atomic E-state index is 0.205. The van der Waals surface area contributed by atoms with Gasteiger partial charge in [0.1, 0.15) is 5.82 Å². The average Bonchev–Trinajstić information content (AvgIpc) is 2.97. The SMILES string of the molecule is NCc1ccc(N2CCCC2c2ccccc2)cc1F. The lowest BCUT2D eigenvalue weighted by atomic mass is 10.0. The number of halogens is 1. The highest BCUT2D eigenvalue weighted by molar-refractivity contribution is 5.51. The number of hydrogen-bond donors (Lipinski definition) is 1. The van der Waals surface area contributed by atoms with E-state index >= 15 is 0 Å². The van der Waals surface area contributed by atoms with Gasteiger partial charge in [-0.2, -0.15) is 0 Å². The number of benzene rings is 2. The van der Waals surface area contributed by atoms with Crippen LogP contribution in [0.2, 0.25) is 0 Å². The molecule has 0 amide bonds. The lowest BCUT2D eigenvalue weighted by Gasteiger charge is -2.27. The quantitative estimate of drug-likeness (QED) is 0.923. The Balaban J connectivity index is 1.91. The van der Waals surface area contributed by atoms with E-state index in [0.29, 0.717) is 11.6 Å². The van der Waals surface area contributed by atoms with Crippen LogP contribution in [-0.2, 0) is 6.54 Å². The van der Waals surface area contributed by atoms with Crippen molar-refractivity contribution in [3.05, 3.63) is 65.5 Å². The summed E-state index contributed by atoms with van der Waals surface area (Å²) in [5.41, 5.74) is 8.34.